The van der Waals surface area contributed by atoms with E-state index in [0.717, 1.165) is 12.0 Å². The summed E-state index contributed by atoms with van der Waals surface area (Å²) < 4.78 is 0. The number of hydrogen-bond donors (Lipinski definition) is 1. The van der Waals surface area contributed by atoms with Crippen molar-refractivity contribution in [2.24, 2.45) is 0 Å². The Bertz CT molecular complexity index is 672. The number of amides is 2. The minimum absolute atomic E-state index is 0.0484. The predicted octanol–water partition coefficient (Wildman–Crippen LogP) is 3.05. The Morgan fingerprint density at radius 1 is 1.00 bits per heavy atom. The molecule has 2 aromatic rings. The van der Waals surface area contributed by atoms with Gasteiger partial charge in [0.2, 0.25) is 11.8 Å². The molecule has 4 nitrogen and oxygen atoms in total. The van der Waals surface area contributed by atoms with E-state index in [1.807, 2.05) is 42.5 Å². The predicted molar refractivity (Wildman–Crippen MR) is 95.7 cm³/mol. The Morgan fingerprint density at radius 2 is 1.67 bits per heavy atom. The molecule has 0 aromatic heterocycles. The minimum Gasteiger partial charge on any atom is -0.354 e. The maximum Gasteiger partial charge on any atom is 0.239 e. The van der Waals surface area contributed by atoms with Crippen LogP contribution in [-0.2, 0) is 22.6 Å². The van der Waals surface area contributed by atoms with Crippen LogP contribution >= 0.6 is 11.6 Å². The Labute approximate surface area is 147 Å². The quantitative estimate of drug-likeness (QED) is 0.839. The van der Waals surface area contributed by atoms with Crippen molar-refractivity contribution in [2.45, 2.75) is 19.9 Å². The zero-order valence-electron chi connectivity index (χ0n) is 13.7. The Hall–Kier alpha value is -2.33. The molecule has 2 aromatic carbocycles. The Balaban J connectivity index is 1.82. The van der Waals surface area contributed by atoms with E-state index < -0.39 is 0 Å². The van der Waals surface area contributed by atoms with Crippen molar-refractivity contribution in [1.82, 2.24) is 10.2 Å². The standard InChI is InChI=1S/C19H21ClN2O2/c1-15(23)22(13-17-7-9-18(20)10-8-17)14-19(24)21-12-11-16-5-3-2-4-6-16/h2-10H,11-14H2,1H3,(H,21,24). The van der Waals surface area contributed by atoms with Gasteiger partial charge in [0, 0.05) is 25.0 Å². The molecule has 0 saturated carbocycles. The first-order chi connectivity index (χ1) is 11.5. The monoisotopic (exact) mass is 344 g/mol. The van der Waals surface area contributed by atoms with Gasteiger partial charge in [-0.15, -0.1) is 0 Å². The molecule has 2 rings (SSSR count). The number of halogens is 1. The molecule has 0 aliphatic rings. The highest BCUT2D eigenvalue weighted by Gasteiger charge is 2.13. The summed E-state index contributed by atoms with van der Waals surface area (Å²) in [5, 5.41) is 3.50. The lowest BCUT2D eigenvalue weighted by Crippen LogP contribution is -2.39. The molecule has 0 aliphatic carbocycles. The van der Waals surface area contributed by atoms with E-state index in [4.69, 9.17) is 11.6 Å². The molecule has 1 N–H and O–H groups in total. The molecule has 0 fully saturated rings. The molecule has 0 bridgehead atoms. The molecule has 0 atom stereocenters. The Morgan fingerprint density at radius 3 is 2.29 bits per heavy atom. The van der Waals surface area contributed by atoms with Gasteiger partial charge in [0.1, 0.15) is 0 Å². The summed E-state index contributed by atoms with van der Waals surface area (Å²) in [5.41, 5.74) is 2.11. The summed E-state index contributed by atoms with van der Waals surface area (Å²) >= 11 is 5.86. The van der Waals surface area contributed by atoms with E-state index in [0.29, 0.717) is 18.1 Å². The number of benzene rings is 2. The van der Waals surface area contributed by atoms with Gasteiger partial charge in [-0.25, -0.2) is 0 Å². The van der Waals surface area contributed by atoms with Crippen LogP contribution in [0.4, 0.5) is 0 Å². The fourth-order valence-electron chi connectivity index (χ4n) is 2.31. The Kier molecular flexibility index (Phi) is 6.82. The highest BCUT2D eigenvalue weighted by Crippen LogP contribution is 2.11. The van der Waals surface area contributed by atoms with Crippen molar-refractivity contribution in [3.63, 3.8) is 0 Å². The first-order valence-corrected chi connectivity index (χ1v) is 8.23. The normalized spacial score (nSPS) is 10.2. The van der Waals surface area contributed by atoms with Crippen molar-refractivity contribution in [3.05, 3.63) is 70.7 Å². The average Bonchev–Trinajstić information content (AvgIpc) is 2.57. The number of carbonyl (C=O) groups excluding carboxylic acids is 2. The van der Waals surface area contributed by atoms with Crippen LogP contribution in [-0.4, -0.2) is 29.8 Å². The number of nitrogens with one attached hydrogen (secondary N) is 1. The average molecular weight is 345 g/mol. The third-order valence-electron chi connectivity index (χ3n) is 3.65. The molecule has 2 amide bonds. The van der Waals surface area contributed by atoms with Crippen molar-refractivity contribution in [1.29, 1.82) is 0 Å². The van der Waals surface area contributed by atoms with Crippen LogP contribution in [0.2, 0.25) is 5.02 Å². The summed E-state index contributed by atoms with van der Waals surface area (Å²) in [7, 11) is 0. The van der Waals surface area contributed by atoms with E-state index in [9.17, 15) is 9.59 Å². The van der Waals surface area contributed by atoms with Gasteiger partial charge in [0.15, 0.2) is 0 Å². The summed E-state index contributed by atoms with van der Waals surface area (Å²) in [4.78, 5) is 25.3. The smallest absolute Gasteiger partial charge is 0.239 e. The summed E-state index contributed by atoms with van der Waals surface area (Å²) in [6.45, 7) is 2.45. The van der Waals surface area contributed by atoms with Crippen LogP contribution in [0.25, 0.3) is 0 Å². The van der Waals surface area contributed by atoms with Gasteiger partial charge in [0.25, 0.3) is 0 Å². The molecular weight excluding hydrogens is 324 g/mol. The maximum atomic E-state index is 12.1. The molecular formula is C19H21ClN2O2. The summed E-state index contributed by atoms with van der Waals surface area (Å²) in [5.74, 6) is -0.293. The van der Waals surface area contributed by atoms with Crippen LogP contribution in [0, 0.1) is 0 Å². The SMILES string of the molecule is CC(=O)N(CC(=O)NCCc1ccccc1)Cc1ccc(Cl)cc1. The molecule has 24 heavy (non-hydrogen) atoms. The van der Waals surface area contributed by atoms with Gasteiger partial charge in [-0.1, -0.05) is 54.1 Å². The van der Waals surface area contributed by atoms with Crippen molar-refractivity contribution >= 4 is 23.4 Å². The number of nitrogens with zero attached hydrogens (tertiary/aromatic N) is 1. The lowest BCUT2D eigenvalue weighted by atomic mass is 10.1. The fraction of sp³-hybridized carbons (Fsp3) is 0.263. The topological polar surface area (TPSA) is 49.4 Å². The molecule has 126 valence electrons. The molecule has 0 aliphatic heterocycles. The van der Waals surface area contributed by atoms with Gasteiger partial charge >= 0.3 is 0 Å². The molecule has 0 saturated heterocycles. The van der Waals surface area contributed by atoms with Gasteiger partial charge < -0.3 is 10.2 Å². The highest BCUT2D eigenvalue weighted by molar-refractivity contribution is 6.30. The first-order valence-electron chi connectivity index (χ1n) is 7.85. The van der Waals surface area contributed by atoms with Crippen molar-refractivity contribution < 1.29 is 9.59 Å². The van der Waals surface area contributed by atoms with Gasteiger partial charge in [-0.2, -0.15) is 0 Å². The second kappa shape index (κ2) is 9.08. The van der Waals surface area contributed by atoms with Crippen molar-refractivity contribution in [3.8, 4) is 0 Å². The molecule has 5 heteroatoms. The van der Waals surface area contributed by atoms with Crippen molar-refractivity contribution in [2.75, 3.05) is 13.1 Å². The molecule has 0 heterocycles. The largest absolute Gasteiger partial charge is 0.354 e. The third kappa shape index (κ3) is 6.05. The minimum atomic E-state index is -0.157. The zero-order chi connectivity index (χ0) is 17.4. The second-order valence-electron chi connectivity index (χ2n) is 5.59. The fourth-order valence-corrected chi connectivity index (χ4v) is 2.43. The third-order valence-corrected chi connectivity index (χ3v) is 3.90. The summed E-state index contributed by atoms with van der Waals surface area (Å²) in [6, 6.07) is 17.2. The molecule has 0 unspecified atom stereocenters. The lowest BCUT2D eigenvalue weighted by Gasteiger charge is -2.20. The van der Waals surface area contributed by atoms with Crippen LogP contribution in [0.15, 0.2) is 54.6 Å². The van der Waals surface area contributed by atoms with Crippen LogP contribution < -0.4 is 5.32 Å². The van der Waals surface area contributed by atoms with Gasteiger partial charge in [-0.3, -0.25) is 9.59 Å². The maximum absolute atomic E-state index is 12.1. The first kappa shape index (κ1) is 18.0. The number of carbonyl (C=O) groups is 2. The molecule has 0 radical (unpaired) electrons. The van der Waals surface area contributed by atoms with Crippen LogP contribution in [0.5, 0.6) is 0 Å². The lowest BCUT2D eigenvalue weighted by molar-refractivity contribution is -0.134. The van der Waals surface area contributed by atoms with E-state index >= 15 is 0 Å². The van der Waals surface area contributed by atoms with E-state index in [2.05, 4.69) is 5.32 Å². The van der Waals surface area contributed by atoms with Gasteiger partial charge in [0.05, 0.1) is 6.54 Å². The highest BCUT2D eigenvalue weighted by atomic mass is 35.5. The van der Waals surface area contributed by atoms with Gasteiger partial charge in [-0.05, 0) is 29.7 Å². The van der Waals surface area contributed by atoms with E-state index in [1.165, 1.54) is 17.4 Å². The summed E-state index contributed by atoms with van der Waals surface area (Å²) in [6.07, 6.45) is 0.768. The number of rotatable bonds is 7. The van der Waals surface area contributed by atoms with E-state index in [-0.39, 0.29) is 18.4 Å². The van der Waals surface area contributed by atoms with Crippen LogP contribution in [0.3, 0.4) is 0 Å². The van der Waals surface area contributed by atoms with Crippen LogP contribution in [0.1, 0.15) is 18.1 Å². The van der Waals surface area contributed by atoms with E-state index in [1.54, 1.807) is 12.1 Å². The number of hydrogen-bond acceptors (Lipinski definition) is 2. The molecule has 0 spiro atoms. The zero-order valence-corrected chi connectivity index (χ0v) is 14.4. The second-order valence-corrected chi connectivity index (χ2v) is 6.02.